The minimum atomic E-state index is 0.348. The lowest BCUT2D eigenvalue weighted by Crippen LogP contribution is -2.49. The highest BCUT2D eigenvalue weighted by molar-refractivity contribution is 7.11. The minimum Gasteiger partial charge on any atom is -0.371 e. The van der Waals surface area contributed by atoms with Gasteiger partial charge in [0.15, 0.2) is 0 Å². The maximum atomic E-state index is 6.12. The van der Waals surface area contributed by atoms with Crippen LogP contribution in [0.4, 0.5) is 0 Å². The summed E-state index contributed by atoms with van der Waals surface area (Å²) in [6, 6.07) is 11.2. The first kappa shape index (κ1) is 16.2. The smallest absolute Gasteiger partial charge is 0.0892 e. The van der Waals surface area contributed by atoms with Crippen LogP contribution in [-0.2, 0) is 17.9 Å². The third-order valence-electron chi connectivity index (χ3n) is 5.03. The lowest BCUT2D eigenvalue weighted by atomic mass is 10.1. The Balaban J connectivity index is 1.27. The number of thiophene rings is 1. The van der Waals surface area contributed by atoms with Crippen LogP contribution in [0.3, 0.4) is 0 Å². The predicted octanol–water partition coefficient (Wildman–Crippen LogP) is 2.93. The van der Waals surface area contributed by atoms with Crippen LogP contribution >= 0.6 is 11.3 Å². The lowest BCUT2D eigenvalue weighted by Gasteiger charge is -2.37. The van der Waals surface area contributed by atoms with Gasteiger partial charge in [-0.15, -0.1) is 11.3 Å². The molecule has 0 amide bonds. The zero-order valence-electron chi connectivity index (χ0n) is 14.2. The highest BCUT2D eigenvalue weighted by atomic mass is 32.1. The highest BCUT2D eigenvalue weighted by Gasteiger charge is 2.36. The molecule has 2 fully saturated rings. The molecule has 4 rings (SSSR count). The summed E-state index contributed by atoms with van der Waals surface area (Å²) in [5.74, 6) is 0. The minimum absolute atomic E-state index is 0.348. The molecule has 24 heavy (non-hydrogen) atoms. The number of hydrogen-bond acceptors (Lipinski definition) is 5. The number of nitrogens with zero attached hydrogens (tertiary/aromatic N) is 3. The molecule has 0 N–H and O–H groups in total. The van der Waals surface area contributed by atoms with Crippen LogP contribution in [0.5, 0.6) is 0 Å². The molecule has 0 radical (unpaired) electrons. The fourth-order valence-corrected chi connectivity index (χ4v) is 4.74. The molecule has 0 aliphatic carbocycles. The molecule has 2 aromatic rings. The van der Waals surface area contributed by atoms with Gasteiger partial charge in [0.2, 0.25) is 0 Å². The maximum absolute atomic E-state index is 6.12. The fraction of sp³-hybridized carbons (Fsp3) is 0.526. The Morgan fingerprint density at radius 3 is 2.96 bits per heavy atom. The Bertz CT molecular complexity index is 660. The van der Waals surface area contributed by atoms with Gasteiger partial charge in [-0.25, -0.2) is 0 Å². The summed E-state index contributed by atoms with van der Waals surface area (Å²) in [5, 5.41) is 0. The Labute approximate surface area is 148 Å². The molecule has 4 nitrogen and oxygen atoms in total. The van der Waals surface area contributed by atoms with Gasteiger partial charge in [-0.1, -0.05) is 6.07 Å². The van der Waals surface area contributed by atoms with Crippen LogP contribution in [0.1, 0.15) is 21.9 Å². The Kier molecular flexibility index (Phi) is 4.94. The van der Waals surface area contributed by atoms with E-state index in [1.54, 1.807) is 0 Å². The van der Waals surface area contributed by atoms with Crippen LogP contribution < -0.4 is 0 Å². The Hall–Kier alpha value is -1.27. The topological polar surface area (TPSA) is 28.6 Å². The molecule has 0 saturated carbocycles. The Morgan fingerprint density at radius 1 is 1.21 bits per heavy atom. The normalized spacial score (nSPS) is 25.0. The second kappa shape index (κ2) is 7.31. The van der Waals surface area contributed by atoms with Gasteiger partial charge in [-0.3, -0.25) is 14.8 Å². The summed E-state index contributed by atoms with van der Waals surface area (Å²) < 4.78 is 6.12. The van der Waals surface area contributed by atoms with Crippen LogP contribution in [0.15, 0.2) is 36.5 Å². The molecule has 2 aliphatic rings. The molecule has 2 aliphatic heterocycles. The van der Waals surface area contributed by atoms with Crippen molar-refractivity contribution in [3.8, 4) is 0 Å². The summed E-state index contributed by atoms with van der Waals surface area (Å²) in [6.07, 6.45) is 3.33. The quantitative estimate of drug-likeness (QED) is 0.835. The van der Waals surface area contributed by atoms with Gasteiger partial charge in [-0.05, 0) is 37.6 Å². The van der Waals surface area contributed by atoms with E-state index in [-0.39, 0.29) is 0 Å². The van der Waals surface area contributed by atoms with Crippen molar-refractivity contribution in [3.05, 3.63) is 52.0 Å². The van der Waals surface area contributed by atoms with Crippen LogP contribution in [0, 0.1) is 6.92 Å². The van der Waals surface area contributed by atoms with Crippen LogP contribution in [0.25, 0.3) is 0 Å². The Morgan fingerprint density at radius 2 is 2.17 bits per heavy atom. The first-order chi connectivity index (χ1) is 11.8. The number of pyridine rings is 1. The molecular formula is C19H25N3OS. The second-order valence-corrected chi connectivity index (χ2v) is 8.26. The van der Waals surface area contributed by atoms with Gasteiger partial charge in [0, 0.05) is 54.7 Å². The van der Waals surface area contributed by atoms with Crippen molar-refractivity contribution < 1.29 is 4.74 Å². The van der Waals surface area contributed by atoms with Crippen molar-refractivity contribution in [2.75, 3.05) is 26.2 Å². The van der Waals surface area contributed by atoms with E-state index in [4.69, 9.17) is 4.74 Å². The molecule has 0 bridgehead atoms. The number of rotatable bonds is 5. The van der Waals surface area contributed by atoms with Crippen molar-refractivity contribution in [2.45, 2.75) is 38.6 Å². The van der Waals surface area contributed by atoms with Crippen LogP contribution in [-0.4, -0.2) is 53.1 Å². The van der Waals surface area contributed by atoms with Crippen molar-refractivity contribution in [3.63, 3.8) is 0 Å². The monoisotopic (exact) mass is 343 g/mol. The van der Waals surface area contributed by atoms with Crippen molar-refractivity contribution >= 4 is 11.3 Å². The number of piperazine rings is 1. The number of ether oxygens (including phenoxy) is 1. The zero-order chi connectivity index (χ0) is 16.4. The van der Waals surface area contributed by atoms with E-state index < -0.39 is 0 Å². The maximum Gasteiger partial charge on any atom is 0.0892 e. The molecule has 2 atom stereocenters. The van der Waals surface area contributed by atoms with E-state index in [0.717, 1.165) is 25.2 Å². The van der Waals surface area contributed by atoms with Gasteiger partial charge in [0.25, 0.3) is 0 Å². The summed E-state index contributed by atoms with van der Waals surface area (Å²) in [4.78, 5) is 12.5. The van der Waals surface area contributed by atoms with Gasteiger partial charge >= 0.3 is 0 Å². The second-order valence-electron chi connectivity index (χ2n) is 6.89. The molecular weight excluding hydrogens is 318 g/mol. The number of aryl methyl sites for hydroxylation is 1. The third-order valence-corrected chi connectivity index (χ3v) is 6.02. The van der Waals surface area contributed by atoms with E-state index in [9.17, 15) is 0 Å². The summed E-state index contributed by atoms with van der Waals surface area (Å²) in [6.45, 7) is 8.49. The SMILES string of the molecule is Cc1ccc(CN2CCN3C[C@H](OCc4ccccn4)C[C@@H]3C2)s1. The van der Waals surface area contributed by atoms with Gasteiger partial charge in [0.05, 0.1) is 18.4 Å². The summed E-state index contributed by atoms with van der Waals surface area (Å²) in [5.41, 5.74) is 1.03. The number of aromatic nitrogens is 1. The van der Waals surface area contributed by atoms with E-state index in [1.807, 2.05) is 35.7 Å². The van der Waals surface area contributed by atoms with Crippen molar-refractivity contribution in [2.24, 2.45) is 0 Å². The standard InChI is InChI=1S/C19H25N3OS/c1-15-5-6-19(24-15)13-21-8-9-22-12-18(10-17(22)11-21)23-14-16-4-2-3-7-20-16/h2-7,17-18H,8-14H2,1H3/t17-,18-/m1/s1. The summed E-state index contributed by atoms with van der Waals surface area (Å²) in [7, 11) is 0. The number of hydrogen-bond donors (Lipinski definition) is 0. The average molecular weight is 343 g/mol. The first-order valence-corrected chi connectivity index (χ1v) is 9.61. The van der Waals surface area contributed by atoms with E-state index >= 15 is 0 Å². The third kappa shape index (κ3) is 3.86. The van der Waals surface area contributed by atoms with Crippen LogP contribution in [0.2, 0.25) is 0 Å². The fourth-order valence-electron chi connectivity index (χ4n) is 3.80. The molecule has 4 heterocycles. The van der Waals surface area contributed by atoms with E-state index in [1.165, 1.54) is 29.4 Å². The van der Waals surface area contributed by atoms with Crippen molar-refractivity contribution in [1.29, 1.82) is 0 Å². The van der Waals surface area contributed by atoms with E-state index in [2.05, 4.69) is 33.8 Å². The largest absolute Gasteiger partial charge is 0.371 e. The number of fused-ring (bicyclic) bond motifs is 1. The molecule has 2 saturated heterocycles. The molecule has 0 spiro atoms. The molecule has 2 aromatic heterocycles. The van der Waals surface area contributed by atoms with Gasteiger partial charge in [-0.2, -0.15) is 0 Å². The average Bonchev–Trinajstić information content (AvgIpc) is 3.19. The first-order valence-electron chi connectivity index (χ1n) is 8.79. The molecule has 0 unspecified atom stereocenters. The summed E-state index contributed by atoms with van der Waals surface area (Å²) >= 11 is 1.93. The van der Waals surface area contributed by atoms with Gasteiger partial charge < -0.3 is 4.74 Å². The highest BCUT2D eigenvalue weighted by Crippen LogP contribution is 2.26. The predicted molar refractivity (Wildman–Crippen MR) is 97.1 cm³/mol. The zero-order valence-corrected chi connectivity index (χ0v) is 15.0. The van der Waals surface area contributed by atoms with E-state index in [0.29, 0.717) is 18.8 Å². The van der Waals surface area contributed by atoms with Crippen molar-refractivity contribution in [1.82, 2.24) is 14.8 Å². The molecule has 128 valence electrons. The molecule has 5 heteroatoms. The lowest BCUT2D eigenvalue weighted by molar-refractivity contribution is 0.0440. The van der Waals surface area contributed by atoms with Gasteiger partial charge in [0.1, 0.15) is 0 Å². The molecule has 0 aromatic carbocycles.